The summed E-state index contributed by atoms with van der Waals surface area (Å²) in [6.07, 6.45) is 2.36. The number of amides is 1. The van der Waals surface area contributed by atoms with Gasteiger partial charge in [-0.1, -0.05) is 6.92 Å². The summed E-state index contributed by atoms with van der Waals surface area (Å²) in [5, 5.41) is 3.87. The van der Waals surface area contributed by atoms with Crippen LogP contribution in [0.15, 0.2) is 34.2 Å². The number of aromatic nitrogens is 2. The Kier molecular flexibility index (Phi) is 6.27. The highest BCUT2D eigenvalue weighted by atomic mass is 16.5. The molecule has 132 valence electrons. The summed E-state index contributed by atoms with van der Waals surface area (Å²) in [6, 6.07) is 6.78. The van der Waals surface area contributed by atoms with Crippen LogP contribution in [0.1, 0.15) is 35.1 Å². The van der Waals surface area contributed by atoms with Crippen LogP contribution in [0.25, 0.3) is 0 Å². The molecule has 25 heavy (non-hydrogen) atoms. The van der Waals surface area contributed by atoms with Crippen LogP contribution in [0.4, 0.5) is 0 Å². The van der Waals surface area contributed by atoms with Crippen molar-refractivity contribution in [3.63, 3.8) is 0 Å². The number of aromatic amines is 1. The summed E-state index contributed by atoms with van der Waals surface area (Å²) >= 11 is 0. The fourth-order valence-electron chi connectivity index (χ4n) is 2.01. The van der Waals surface area contributed by atoms with E-state index in [1.807, 2.05) is 6.92 Å². The minimum absolute atomic E-state index is 0.000654. The third-order valence-corrected chi connectivity index (χ3v) is 3.14. The quantitative estimate of drug-likeness (QED) is 0.587. The molecule has 1 aromatic heterocycles. The molecule has 1 heterocycles. The first-order chi connectivity index (χ1) is 12.0. The van der Waals surface area contributed by atoms with Crippen molar-refractivity contribution in [2.24, 2.45) is 5.10 Å². The van der Waals surface area contributed by atoms with E-state index in [-0.39, 0.29) is 5.69 Å². The van der Waals surface area contributed by atoms with Crippen LogP contribution >= 0.6 is 0 Å². The van der Waals surface area contributed by atoms with E-state index in [0.29, 0.717) is 23.8 Å². The molecule has 2 aromatic rings. The van der Waals surface area contributed by atoms with Gasteiger partial charge in [-0.05, 0) is 43.2 Å². The van der Waals surface area contributed by atoms with E-state index in [9.17, 15) is 9.59 Å². The molecule has 0 bridgehead atoms. The molecule has 0 radical (unpaired) electrons. The summed E-state index contributed by atoms with van der Waals surface area (Å²) in [5.41, 5.74) is 3.01. The second-order valence-electron chi connectivity index (χ2n) is 5.21. The van der Waals surface area contributed by atoms with Crippen LogP contribution in [0.2, 0.25) is 0 Å². The van der Waals surface area contributed by atoms with E-state index in [4.69, 9.17) is 9.47 Å². The van der Waals surface area contributed by atoms with Crippen LogP contribution in [-0.4, -0.2) is 35.8 Å². The van der Waals surface area contributed by atoms with Crippen LogP contribution in [0.3, 0.4) is 0 Å². The molecule has 8 heteroatoms. The number of nitrogens with zero attached hydrogens (tertiary/aromatic N) is 2. The van der Waals surface area contributed by atoms with Gasteiger partial charge in [0.15, 0.2) is 11.5 Å². The number of carbonyl (C=O) groups is 1. The number of carbonyl (C=O) groups excluding carboxylic acids is 1. The SMILES string of the molecule is CCCOc1ccc(/C=N/NC(=O)c2cc(C)[nH]c(=O)n2)cc1OC. The Labute approximate surface area is 144 Å². The van der Waals surface area contributed by atoms with Gasteiger partial charge < -0.3 is 14.5 Å². The third kappa shape index (κ3) is 5.17. The first-order valence-corrected chi connectivity index (χ1v) is 7.75. The highest BCUT2D eigenvalue weighted by Gasteiger charge is 2.08. The molecular weight excluding hydrogens is 324 g/mol. The Morgan fingerprint density at radius 3 is 2.84 bits per heavy atom. The number of H-pyrrole nitrogens is 1. The van der Waals surface area contributed by atoms with Crippen molar-refractivity contribution in [2.75, 3.05) is 13.7 Å². The van der Waals surface area contributed by atoms with Crippen molar-refractivity contribution in [3.8, 4) is 11.5 Å². The van der Waals surface area contributed by atoms with Crippen molar-refractivity contribution in [2.45, 2.75) is 20.3 Å². The number of hydrogen-bond donors (Lipinski definition) is 2. The van der Waals surface area contributed by atoms with Crippen molar-refractivity contribution in [1.29, 1.82) is 0 Å². The average molecular weight is 344 g/mol. The zero-order chi connectivity index (χ0) is 18.2. The summed E-state index contributed by atoms with van der Waals surface area (Å²) in [7, 11) is 1.55. The molecule has 1 amide bonds. The van der Waals surface area contributed by atoms with Crippen LogP contribution < -0.4 is 20.6 Å². The van der Waals surface area contributed by atoms with Gasteiger partial charge in [-0.25, -0.2) is 10.2 Å². The topological polar surface area (TPSA) is 106 Å². The lowest BCUT2D eigenvalue weighted by atomic mass is 10.2. The molecule has 0 saturated heterocycles. The number of hydrogen-bond acceptors (Lipinski definition) is 6. The van der Waals surface area contributed by atoms with Gasteiger partial charge in [-0.15, -0.1) is 0 Å². The van der Waals surface area contributed by atoms with E-state index in [2.05, 4.69) is 20.5 Å². The molecule has 0 aliphatic carbocycles. The molecule has 2 rings (SSSR count). The van der Waals surface area contributed by atoms with Crippen LogP contribution in [0.5, 0.6) is 11.5 Å². The normalized spacial score (nSPS) is 10.7. The molecule has 8 nitrogen and oxygen atoms in total. The summed E-state index contributed by atoms with van der Waals surface area (Å²) < 4.78 is 10.9. The van der Waals surface area contributed by atoms with Crippen LogP contribution in [-0.2, 0) is 0 Å². The lowest BCUT2D eigenvalue weighted by molar-refractivity contribution is 0.0949. The lowest BCUT2D eigenvalue weighted by Crippen LogP contribution is -2.24. The van der Waals surface area contributed by atoms with Gasteiger partial charge in [0.05, 0.1) is 19.9 Å². The van der Waals surface area contributed by atoms with E-state index < -0.39 is 11.6 Å². The van der Waals surface area contributed by atoms with Crippen molar-refractivity contribution < 1.29 is 14.3 Å². The predicted molar refractivity (Wildman–Crippen MR) is 93.4 cm³/mol. The third-order valence-electron chi connectivity index (χ3n) is 3.14. The molecule has 0 saturated carbocycles. The molecule has 1 aromatic carbocycles. The average Bonchev–Trinajstić information content (AvgIpc) is 2.59. The zero-order valence-electron chi connectivity index (χ0n) is 14.3. The van der Waals surface area contributed by atoms with Gasteiger partial charge >= 0.3 is 5.69 Å². The fraction of sp³-hybridized carbons (Fsp3) is 0.294. The van der Waals surface area contributed by atoms with E-state index >= 15 is 0 Å². The highest BCUT2D eigenvalue weighted by Crippen LogP contribution is 2.27. The van der Waals surface area contributed by atoms with Crippen molar-refractivity contribution >= 4 is 12.1 Å². The maximum absolute atomic E-state index is 11.9. The summed E-state index contributed by atoms with van der Waals surface area (Å²) in [5.74, 6) is 0.657. The van der Waals surface area contributed by atoms with E-state index in [1.165, 1.54) is 12.3 Å². The monoisotopic (exact) mass is 344 g/mol. The second kappa shape index (κ2) is 8.62. The summed E-state index contributed by atoms with van der Waals surface area (Å²) in [4.78, 5) is 29.3. The Morgan fingerprint density at radius 1 is 1.36 bits per heavy atom. The Bertz CT molecular complexity index is 830. The standard InChI is InChI=1S/C17H20N4O4/c1-4-7-25-14-6-5-12(9-15(14)24-3)10-18-21-16(22)13-8-11(2)19-17(23)20-13/h5-6,8-10H,4,7H2,1-3H3,(H,21,22)(H,19,20,23)/b18-10+. The smallest absolute Gasteiger partial charge is 0.345 e. The van der Waals surface area contributed by atoms with Gasteiger partial charge in [-0.3, -0.25) is 4.79 Å². The largest absolute Gasteiger partial charge is 0.493 e. The van der Waals surface area contributed by atoms with E-state index in [0.717, 1.165) is 12.0 Å². The molecular formula is C17H20N4O4. The molecule has 0 atom stereocenters. The number of hydrazone groups is 1. The van der Waals surface area contributed by atoms with Gasteiger partial charge in [0, 0.05) is 5.69 Å². The Morgan fingerprint density at radius 2 is 2.16 bits per heavy atom. The minimum Gasteiger partial charge on any atom is -0.493 e. The van der Waals surface area contributed by atoms with Gasteiger partial charge in [0.1, 0.15) is 5.69 Å². The van der Waals surface area contributed by atoms with Gasteiger partial charge in [0.25, 0.3) is 5.91 Å². The Balaban J connectivity index is 2.06. The molecule has 0 aliphatic heterocycles. The van der Waals surface area contributed by atoms with Gasteiger partial charge in [-0.2, -0.15) is 10.1 Å². The molecule has 0 spiro atoms. The lowest BCUT2D eigenvalue weighted by Gasteiger charge is -2.10. The molecule has 0 aliphatic rings. The summed E-state index contributed by atoms with van der Waals surface area (Å²) in [6.45, 7) is 4.28. The Hall–Kier alpha value is -3.16. The number of aryl methyl sites for hydroxylation is 1. The molecule has 0 fully saturated rings. The van der Waals surface area contributed by atoms with Gasteiger partial charge in [0.2, 0.25) is 0 Å². The number of ether oxygens (including phenoxy) is 2. The number of rotatable bonds is 7. The zero-order valence-corrected chi connectivity index (χ0v) is 14.3. The van der Waals surface area contributed by atoms with Crippen molar-refractivity contribution in [3.05, 3.63) is 51.7 Å². The second-order valence-corrected chi connectivity index (χ2v) is 5.21. The number of benzene rings is 1. The van der Waals surface area contributed by atoms with Crippen molar-refractivity contribution in [1.82, 2.24) is 15.4 Å². The molecule has 0 unspecified atom stereocenters. The highest BCUT2D eigenvalue weighted by molar-refractivity contribution is 5.93. The maximum atomic E-state index is 11.9. The fourth-order valence-corrected chi connectivity index (χ4v) is 2.01. The number of methoxy groups -OCH3 is 1. The van der Waals surface area contributed by atoms with Crippen LogP contribution in [0, 0.1) is 6.92 Å². The molecule has 2 N–H and O–H groups in total. The maximum Gasteiger partial charge on any atom is 0.345 e. The first-order valence-electron chi connectivity index (χ1n) is 7.75. The van der Waals surface area contributed by atoms with E-state index in [1.54, 1.807) is 32.2 Å². The predicted octanol–water partition coefficient (Wildman–Crippen LogP) is 1.64. The number of nitrogens with one attached hydrogen (secondary N) is 2. The minimum atomic E-state index is -0.582. The first kappa shape index (κ1) is 18.2.